The van der Waals surface area contributed by atoms with E-state index >= 15 is 0 Å². The molecule has 1 aliphatic rings. The first kappa shape index (κ1) is 21.5. The van der Waals surface area contributed by atoms with Gasteiger partial charge in [-0.15, -0.1) is 6.58 Å². The molecule has 0 saturated carbocycles. The minimum Gasteiger partial charge on any atom is -0.504 e. The second-order valence-electron chi connectivity index (χ2n) is 6.72. The Balaban J connectivity index is 1.73. The van der Waals surface area contributed by atoms with Crippen molar-refractivity contribution in [3.05, 3.63) is 70.6 Å². The molecule has 1 heterocycles. The Kier molecular flexibility index (Phi) is 6.84. The predicted molar refractivity (Wildman–Crippen MR) is 118 cm³/mol. The highest BCUT2D eigenvalue weighted by Crippen LogP contribution is 2.36. The number of hydrogen-bond donors (Lipinski definition) is 1. The number of hydrogen-bond acceptors (Lipinski definition) is 6. The third kappa shape index (κ3) is 4.86. The normalized spacial score (nSPS) is 15.0. The van der Waals surface area contributed by atoms with Crippen molar-refractivity contribution in [3.8, 4) is 17.2 Å². The fourth-order valence-corrected chi connectivity index (χ4v) is 3.91. The summed E-state index contributed by atoms with van der Waals surface area (Å²) in [5.74, 6) is 0.668. The third-order valence-electron chi connectivity index (χ3n) is 4.50. The van der Waals surface area contributed by atoms with Crippen molar-refractivity contribution in [2.45, 2.75) is 13.3 Å². The maximum atomic E-state index is 12.7. The molecule has 0 aliphatic carbocycles. The smallest absolute Gasteiger partial charge is 0.293 e. The number of carbonyl (C=O) groups is 2. The van der Waals surface area contributed by atoms with Crippen molar-refractivity contribution in [1.29, 1.82) is 0 Å². The molecule has 3 rings (SSSR count). The molecule has 0 bridgehead atoms. The first-order chi connectivity index (χ1) is 14.4. The van der Waals surface area contributed by atoms with Gasteiger partial charge < -0.3 is 14.6 Å². The molecule has 1 saturated heterocycles. The van der Waals surface area contributed by atoms with Crippen LogP contribution in [-0.4, -0.2) is 41.4 Å². The number of imide groups is 1. The number of aryl methyl sites for hydroxylation is 1. The lowest BCUT2D eigenvalue weighted by Gasteiger charge is -2.13. The van der Waals surface area contributed by atoms with Crippen LogP contribution in [0, 0.1) is 6.92 Å². The molecule has 0 unspecified atom stereocenters. The second-order valence-corrected chi connectivity index (χ2v) is 7.72. The van der Waals surface area contributed by atoms with Crippen molar-refractivity contribution < 1.29 is 24.2 Å². The van der Waals surface area contributed by atoms with Gasteiger partial charge in [-0.05, 0) is 66.6 Å². The number of methoxy groups -OCH3 is 1. The molecule has 0 atom stereocenters. The van der Waals surface area contributed by atoms with E-state index < -0.39 is 0 Å². The number of benzene rings is 2. The van der Waals surface area contributed by atoms with Gasteiger partial charge in [0.05, 0.1) is 18.6 Å². The summed E-state index contributed by atoms with van der Waals surface area (Å²) in [4.78, 5) is 26.5. The minimum absolute atomic E-state index is 0.0379. The van der Waals surface area contributed by atoms with E-state index in [1.54, 1.807) is 24.3 Å². The molecular weight excluding hydrogens is 402 g/mol. The van der Waals surface area contributed by atoms with E-state index in [-0.39, 0.29) is 30.0 Å². The SMILES string of the molecule is C=CCc1cc(/C=C2\SC(=O)N(CCOc3cccc(C)c3)C2=O)cc(OC)c1O. The van der Waals surface area contributed by atoms with Gasteiger partial charge in [-0.25, -0.2) is 0 Å². The van der Waals surface area contributed by atoms with Crippen LogP contribution in [0.15, 0.2) is 54.0 Å². The maximum absolute atomic E-state index is 12.7. The van der Waals surface area contributed by atoms with Crippen LogP contribution in [0.2, 0.25) is 0 Å². The molecule has 2 aromatic carbocycles. The zero-order chi connectivity index (χ0) is 21.7. The number of rotatable bonds is 8. The summed E-state index contributed by atoms with van der Waals surface area (Å²) >= 11 is 0.882. The van der Waals surface area contributed by atoms with Crippen LogP contribution in [-0.2, 0) is 11.2 Å². The number of carbonyl (C=O) groups excluding carboxylic acids is 2. The van der Waals surface area contributed by atoms with Gasteiger partial charge in [-0.1, -0.05) is 18.2 Å². The average molecular weight is 426 g/mol. The molecule has 2 aromatic rings. The summed E-state index contributed by atoms with van der Waals surface area (Å²) in [7, 11) is 1.46. The van der Waals surface area contributed by atoms with Crippen molar-refractivity contribution in [2.24, 2.45) is 0 Å². The first-order valence-electron chi connectivity index (χ1n) is 9.38. The number of nitrogens with zero attached hydrogens (tertiary/aromatic N) is 1. The Bertz CT molecular complexity index is 1010. The Hall–Kier alpha value is -3.19. The van der Waals surface area contributed by atoms with E-state index in [1.165, 1.54) is 12.0 Å². The Morgan fingerprint density at radius 1 is 1.23 bits per heavy atom. The van der Waals surface area contributed by atoms with Crippen LogP contribution in [0.4, 0.5) is 4.79 Å². The molecule has 0 aromatic heterocycles. The lowest BCUT2D eigenvalue weighted by Crippen LogP contribution is -2.32. The van der Waals surface area contributed by atoms with E-state index in [2.05, 4.69) is 6.58 Å². The first-order valence-corrected chi connectivity index (χ1v) is 10.2. The van der Waals surface area contributed by atoms with Crippen LogP contribution >= 0.6 is 11.8 Å². The number of ether oxygens (including phenoxy) is 2. The number of allylic oxidation sites excluding steroid dienone is 1. The van der Waals surface area contributed by atoms with Gasteiger partial charge in [0, 0.05) is 5.56 Å². The molecule has 2 amide bonds. The number of phenolic OH excluding ortho intramolecular Hbond substituents is 1. The summed E-state index contributed by atoms with van der Waals surface area (Å²) in [6.07, 6.45) is 3.74. The van der Waals surface area contributed by atoms with Gasteiger partial charge in [0.2, 0.25) is 0 Å². The predicted octanol–water partition coefficient (Wildman–Crippen LogP) is 4.55. The monoisotopic (exact) mass is 425 g/mol. The van der Waals surface area contributed by atoms with Crippen molar-refractivity contribution >= 4 is 29.0 Å². The molecule has 30 heavy (non-hydrogen) atoms. The molecule has 156 valence electrons. The molecule has 1 N–H and O–H groups in total. The van der Waals surface area contributed by atoms with Crippen LogP contribution in [0.3, 0.4) is 0 Å². The van der Waals surface area contributed by atoms with E-state index in [9.17, 15) is 14.7 Å². The quantitative estimate of drug-likeness (QED) is 0.494. The van der Waals surface area contributed by atoms with E-state index in [0.29, 0.717) is 34.0 Å². The highest BCUT2D eigenvalue weighted by molar-refractivity contribution is 8.18. The summed E-state index contributed by atoms with van der Waals surface area (Å²) in [5.41, 5.74) is 2.35. The summed E-state index contributed by atoms with van der Waals surface area (Å²) in [6, 6.07) is 10.9. The number of phenols is 1. The summed E-state index contributed by atoms with van der Waals surface area (Å²) in [5, 5.41) is 9.87. The molecule has 1 fully saturated rings. The minimum atomic E-state index is -0.366. The van der Waals surface area contributed by atoms with Gasteiger partial charge in [0.25, 0.3) is 11.1 Å². The van der Waals surface area contributed by atoms with Gasteiger partial charge in [0.15, 0.2) is 11.5 Å². The van der Waals surface area contributed by atoms with E-state index in [4.69, 9.17) is 9.47 Å². The fourth-order valence-electron chi connectivity index (χ4n) is 3.04. The molecule has 7 heteroatoms. The topological polar surface area (TPSA) is 76.1 Å². The van der Waals surface area contributed by atoms with Crippen LogP contribution < -0.4 is 9.47 Å². The maximum Gasteiger partial charge on any atom is 0.293 e. The van der Waals surface area contributed by atoms with Crippen molar-refractivity contribution in [1.82, 2.24) is 4.90 Å². The van der Waals surface area contributed by atoms with E-state index in [0.717, 1.165) is 17.3 Å². The van der Waals surface area contributed by atoms with Gasteiger partial charge >= 0.3 is 0 Å². The van der Waals surface area contributed by atoms with Gasteiger partial charge in [-0.3, -0.25) is 14.5 Å². The lowest BCUT2D eigenvalue weighted by molar-refractivity contribution is -0.123. The fraction of sp³-hybridized carbons (Fsp3) is 0.217. The lowest BCUT2D eigenvalue weighted by atomic mass is 10.1. The van der Waals surface area contributed by atoms with Gasteiger partial charge in [0.1, 0.15) is 12.4 Å². The number of aromatic hydroxyl groups is 1. The summed E-state index contributed by atoms with van der Waals surface area (Å²) in [6.45, 7) is 6.03. The van der Waals surface area contributed by atoms with Crippen LogP contribution in [0.1, 0.15) is 16.7 Å². The Morgan fingerprint density at radius 3 is 2.73 bits per heavy atom. The molecule has 6 nitrogen and oxygen atoms in total. The van der Waals surface area contributed by atoms with Gasteiger partial charge in [-0.2, -0.15) is 0 Å². The largest absolute Gasteiger partial charge is 0.504 e. The number of amides is 2. The highest BCUT2D eigenvalue weighted by Gasteiger charge is 2.34. The standard InChI is InChI=1S/C23H23NO5S/c1-4-6-17-12-16(13-19(28-3)21(17)25)14-20-22(26)24(23(27)30-20)9-10-29-18-8-5-7-15(2)11-18/h4-5,7-8,11-14,25H,1,6,9-10H2,2-3H3/b20-14-. The zero-order valence-corrected chi connectivity index (χ0v) is 17.7. The van der Waals surface area contributed by atoms with Crippen LogP contribution in [0.25, 0.3) is 6.08 Å². The molecule has 0 spiro atoms. The third-order valence-corrected chi connectivity index (χ3v) is 5.41. The molecule has 1 aliphatic heterocycles. The van der Waals surface area contributed by atoms with E-state index in [1.807, 2.05) is 31.2 Å². The number of thioether (sulfide) groups is 1. The Labute approximate surface area is 179 Å². The van der Waals surface area contributed by atoms with Crippen molar-refractivity contribution in [3.63, 3.8) is 0 Å². The average Bonchev–Trinajstić information content (AvgIpc) is 2.98. The summed E-state index contributed by atoms with van der Waals surface area (Å²) < 4.78 is 10.9. The Morgan fingerprint density at radius 2 is 2.03 bits per heavy atom. The molecule has 0 radical (unpaired) electrons. The molecular formula is C23H23NO5S. The van der Waals surface area contributed by atoms with Crippen molar-refractivity contribution in [2.75, 3.05) is 20.3 Å². The highest BCUT2D eigenvalue weighted by atomic mass is 32.2. The zero-order valence-electron chi connectivity index (χ0n) is 16.9. The second kappa shape index (κ2) is 9.54. The van der Waals surface area contributed by atoms with Crippen LogP contribution in [0.5, 0.6) is 17.2 Å².